The summed E-state index contributed by atoms with van der Waals surface area (Å²) in [6.07, 6.45) is -1.54. The van der Waals surface area contributed by atoms with Crippen LogP contribution in [0.2, 0.25) is 0 Å². The molecule has 0 saturated heterocycles. The van der Waals surface area contributed by atoms with Crippen molar-refractivity contribution in [3.63, 3.8) is 0 Å². The zero-order valence-corrected chi connectivity index (χ0v) is 18.6. The Morgan fingerprint density at radius 1 is 1.10 bits per heavy atom. The Hall–Kier alpha value is -2.96. The molecule has 9 nitrogen and oxygen atoms in total. The number of carbonyl (C=O) groups is 3. The molecule has 0 bridgehead atoms. The van der Waals surface area contributed by atoms with Crippen molar-refractivity contribution in [2.45, 2.75) is 57.1 Å². The van der Waals surface area contributed by atoms with Crippen LogP contribution in [0.25, 0.3) is 0 Å². The van der Waals surface area contributed by atoms with E-state index in [1.807, 2.05) is 18.2 Å². The number of carboxylic acid groups (broad SMARTS) is 3. The van der Waals surface area contributed by atoms with Gasteiger partial charge in [-0.2, -0.15) is 5.26 Å². The van der Waals surface area contributed by atoms with Crippen LogP contribution in [0.1, 0.15) is 45.6 Å². The second-order valence-electron chi connectivity index (χ2n) is 8.24. The number of hydrogen-bond donors (Lipinski definition) is 4. The first-order chi connectivity index (χ1) is 14.2. The van der Waals surface area contributed by atoms with Crippen molar-refractivity contribution in [1.29, 1.82) is 5.26 Å². The summed E-state index contributed by atoms with van der Waals surface area (Å²) in [7, 11) is 4.30. The average molecular weight is 437 g/mol. The second-order valence-corrected chi connectivity index (χ2v) is 8.24. The van der Waals surface area contributed by atoms with Crippen LogP contribution in [-0.4, -0.2) is 59.0 Å². The first-order valence-corrected chi connectivity index (χ1v) is 9.86. The number of aliphatic carboxylic acids is 3. The van der Waals surface area contributed by atoms with E-state index in [0.29, 0.717) is 12.0 Å². The fourth-order valence-electron chi connectivity index (χ4n) is 3.05. The van der Waals surface area contributed by atoms with Gasteiger partial charge in [0.25, 0.3) is 0 Å². The van der Waals surface area contributed by atoms with Crippen LogP contribution in [-0.2, 0) is 19.8 Å². The zero-order chi connectivity index (χ0) is 24.4. The monoisotopic (exact) mass is 436 g/mol. The molecule has 1 aromatic rings. The predicted octanol–water partition coefficient (Wildman–Crippen LogP) is -0.556. The number of aliphatic hydroxyl groups is 1. The Balaban J connectivity index is 0.000000615. The van der Waals surface area contributed by atoms with E-state index in [-0.39, 0.29) is 5.41 Å². The number of nitriles is 1. The van der Waals surface area contributed by atoms with Gasteiger partial charge in [0.15, 0.2) is 5.60 Å². The molecule has 172 valence electrons. The van der Waals surface area contributed by atoms with Gasteiger partial charge < -0.3 is 30.1 Å². The second kappa shape index (κ2) is 12.0. The lowest BCUT2D eigenvalue weighted by atomic mass is 9.69. The Bertz CT molecular complexity index is 771. The Morgan fingerprint density at radius 3 is 1.94 bits per heavy atom. The van der Waals surface area contributed by atoms with Gasteiger partial charge in [-0.15, -0.1) is 0 Å². The highest BCUT2D eigenvalue weighted by molar-refractivity contribution is 5.87. The number of carbonyl (C=O) groups excluding carboxylic acids is 1. The van der Waals surface area contributed by atoms with Gasteiger partial charge in [0.2, 0.25) is 0 Å². The lowest BCUT2D eigenvalue weighted by Gasteiger charge is -2.34. The van der Waals surface area contributed by atoms with Gasteiger partial charge in [-0.1, -0.05) is 44.2 Å². The molecule has 1 rings (SSSR count). The molecule has 0 aromatic heterocycles. The van der Waals surface area contributed by atoms with E-state index in [2.05, 4.69) is 53.1 Å². The van der Waals surface area contributed by atoms with E-state index in [1.54, 1.807) is 0 Å². The van der Waals surface area contributed by atoms with Crippen LogP contribution < -0.4 is 10.0 Å². The van der Waals surface area contributed by atoms with Crippen LogP contribution in [0.3, 0.4) is 0 Å². The Labute approximate surface area is 182 Å². The minimum Gasteiger partial charge on any atom is -0.550 e. The summed E-state index contributed by atoms with van der Waals surface area (Å²) < 4.78 is 0. The lowest BCUT2D eigenvalue weighted by Crippen LogP contribution is -3.09. The number of rotatable bonds is 10. The smallest absolute Gasteiger partial charge is 0.336 e. The molecule has 9 heteroatoms. The minimum absolute atomic E-state index is 0.312. The minimum atomic E-state index is -2.80. The molecule has 0 aliphatic heterocycles. The summed E-state index contributed by atoms with van der Waals surface area (Å²) in [4.78, 5) is 31.7. The van der Waals surface area contributed by atoms with E-state index in [9.17, 15) is 24.8 Å². The summed E-state index contributed by atoms with van der Waals surface area (Å²) >= 11 is 0. The standard InChI is InChI=1S/C16H24N2.C6H8O7/c1-13(2)16(12-17,11-14(3)18(4)5)15-9-7-6-8-10-15;7-3(8)1-6(13,5(11)12)2-4(9)10/h6-10,13-14H,11H2,1-5H3;13H,1-2H2,(H,7,8)(H,9,10)(H,11,12). The van der Waals surface area contributed by atoms with Gasteiger partial charge in [-0.05, 0) is 18.4 Å². The SMILES string of the molecule is CC(CC(C#N)(c1ccccc1)C(C)C)[NH+](C)C.O=C([O-])CC(O)(CC(=O)O)C(=O)O. The van der Waals surface area contributed by atoms with E-state index in [4.69, 9.17) is 15.3 Å². The summed E-state index contributed by atoms with van der Waals surface area (Å²) in [5, 5.41) is 45.3. The molecule has 0 radical (unpaired) electrons. The maximum atomic E-state index is 10.3. The Kier molecular flexibility index (Phi) is 10.9. The molecule has 3 unspecified atom stereocenters. The summed E-state index contributed by atoms with van der Waals surface area (Å²) in [5.74, 6) is -5.02. The number of nitrogens with zero attached hydrogens (tertiary/aromatic N) is 1. The maximum Gasteiger partial charge on any atom is 0.336 e. The fourth-order valence-corrected chi connectivity index (χ4v) is 3.05. The molecule has 3 atom stereocenters. The van der Waals surface area contributed by atoms with Gasteiger partial charge in [0, 0.05) is 18.8 Å². The third kappa shape index (κ3) is 8.36. The molecule has 31 heavy (non-hydrogen) atoms. The molecule has 0 saturated carbocycles. The molecule has 0 amide bonds. The van der Waals surface area contributed by atoms with Gasteiger partial charge in [-0.3, -0.25) is 4.79 Å². The number of nitrogens with one attached hydrogen (secondary N) is 1. The first-order valence-electron chi connectivity index (χ1n) is 9.86. The summed E-state index contributed by atoms with van der Waals surface area (Å²) in [6, 6.07) is 13.3. The van der Waals surface area contributed by atoms with Crippen molar-refractivity contribution in [2.24, 2.45) is 5.92 Å². The van der Waals surface area contributed by atoms with E-state index in [0.717, 1.165) is 12.0 Å². The summed E-state index contributed by atoms with van der Waals surface area (Å²) in [5.41, 5.74) is -2.03. The van der Waals surface area contributed by atoms with Gasteiger partial charge in [0.05, 0.1) is 38.0 Å². The maximum absolute atomic E-state index is 10.3. The molecular formula is C22H32N2O7. The number of benzene rings is 1. The number of hydrogen-bond acceptors (Lipinski definition) is 6. The van der Waals surface area contributed by atoms with Crippen LogP contribution in [0.15, 0.2) is 30.3 Å². The molecule has 0 spiro atoms. The van der Waals surface area contributed by atoms with Crippen molar-refractivity contribution in [2.75, 3.05) is 14.1 Å². The predicted molar refractivity (Wildman–Crippen MR) is 110 cm³/mol. The molecular weight excluding hydrogens is 404 g/mol. The van der Waals surface area contributed by atoms with Crippen molar-refractivity contribution in [1.82, 2.24) is 0 Å². The number of carboxylic acids is 3. The fraction of sp³-hybridized carbons (Fsp3) is 0.545. The third-order valence-electron chi connectivity index (χ3n) is 5.37. The quantitative estimate of drug-likeness (QED) is 0.379. The Morgan fingerprint density at radius 2 is 1.61 bits per heavy atom. The molecule has 0 aliphatic rings. The van der Waals surface area contributed by atoms with Crippen LogP contribution in [0.5, 0.6) is 0 Å². The third-order valence-corrected chi connectivity index (χ3v) is 5.37. The largest absolute Gasteiger partial charge is 0.550 e. The molecule has 0 heterocycles. The van der Waals surface area contributed by atoms with Crippen LogP contribution >= 0.6 is 0 Å². The first kappa shape index (κ1) is 28.0. The highest BCUT2D eigenvalue weighted by Gasteiger charge is 2.39. The van der Waals surface area contributed by atoms with E-state index >= 15 is 0 Å². The molecule has 0 fully saturated rings. The van der Waals surface area contributed by atoms with Crippen molar-refractivity contribution >= 4 is 17.9 Å². The average Bonchev–Trinajstić information content (AvgIpc) is 2.65. The normalized spacial score (nSPS) is 15.6. The highest BCUT2D eigenvalue weighted by Crippen LogP contribution is 2.35. The van der Waals surface area contributed by atoms with E-state index in [1.165, 1.54) is 4.90 Å². The molecule has 0 aliphatic carbocycles. The van der Waals surface area contributed by atoms with Gasteiger partial charge in [0.1, 0.15) is 0 Å². The summed E-state index contributed by atoms with van der Waals surface area (Å²) in [6.45, 7) is 6.51. The van der Waals surface area contributed by atoms with E-state index < -0.39 is 36.4 Å². The van der Waals surface area contributed by atoms with Gasteiger partial charge in [-0.25, -0.2) is 4.79 Å². The van der Waals surface area contributed by atoms with Crippen LogP contribution in [0, 0.1) is 17.2 Å². The number of quaternary nitrogens is 1. The van der Waals surface area contributed by atoms with Crippen molar-refractivity contribution in [3.05, 3.63) is 35.9 Å². The highest BCUT2D eigenvalue weighted by atomic mass is 16.4. The van der Waals surface area contributed by atoms with Crippen molar-refractivity contribution in [3.8, 4) is 6.07 Å². The topological polar surface area (TPSA) is 163 Å². The molecule has 1 aromatic carbocycles. The lowest BCUT2D eigenvalue weighted by molar-refractivity contribution is -0.884. The molecule has 4 N–H and O–H groups in total. The van der Waals surface area contributed by atoms with Crippen molar-refractivity contribution < 1.29 is 39.7 Å². The zero-order valence-electron chi connectivity index (χ0n) is 18.6. The van der Waals surface area contributed by atoms with Crippen LogP contribution in [0.4, 0.5) is 0 Å². The van der Waals surface area contributed by atoms with Gasteiger partial charge >= 0.3 is 11.9 Å².